The lowest BCUT2D eigenvalue weighted by molar-refractivity contribution is -0.138. The van der Waals surface area contributed by atoms with Gasteiger partial charge in [-0.1, -0.05) is 22.0 Å². The SMILES string of the molecule is COc1ccc2c(c1)C(=O)[C@@H]([C@@]1(O)C(=O)Nc3ccc(Br)cc31)CC2. The number of aryl methyl sites for hydroxylation is 1. The molecule has 1 aliphatic carbocycles. The molecule has 25 heavy (non-hydrogen) atoms. The van der Waals surface area contributed by atoms with Crippen molar-refractivity contribution < 1.29 is 19.4 Å². The molecule has 0 fully saturated rings. The van der Waals surface area contributed by atoms with E-state index in [1.807, 2.05) is 12.1 Å². The van der Waals surface area contributed by atoms with Gasteiger partial charge in [0.2, 0.25) is 0 Å². The van der Waals surface area contributed by atoms with Gasteiger partial charge in [0.1, 0.15) is 5.75 Å². The van der Waals surface area contributed by atoms with Gasteiger partial charge >= 0.3 is 0 Å². The number of halogens is 1. The van der Waals surface area contributed by atoms with E-state index in [2.05, 4.69) is 21.2 Å². The second kappa shape index (κ2) is 5.68. The number of hydrogen-bond acceptors (Lipinski definition) is 4. The van der Waals surface area contributed by atoms with Crippen LogP contribution in [0.3, 0.4) is 0 Å². The van der Waals surface area contributed by atoms with Gasteiger partial charge in [-0.2, -0.15) is 0 Å². The summed E-state index contributed by atoms with van der Waals surface area (Å²) in [4.78, 5) is 25.7. The molecule has 128 valence electrons. The molecule has 0 radical (unpaired) electrons. The molecule has 0 saturated heterocycles. The predicted octanol–water partition coefficient (Wildman–Crippen LogP) is 3.04. The van der Waals surface area contributed by atoms with Crippen LogP contribution in [0.5, 0.6) is 5.75 Å². The fraction of sp³-hybridized carbons (Fsp3) is 0.263. The van der Waals surface area contributed by atoms with Gasteiger partial charge < -0.3 is 15.2 Å². The molecular formula is C19H16BrNO4. The Labute approximate surface area is 153 Å². The van der Waals surface area contributed by atoms with E-state index in [0.29, 0.717) is 35.4 Å². The van der Waals surface area contributed by atoms with E-state index in [0.717, 1.165) is 10.0 Å². The van der Waals surface area contributed by atoms with Gasteiger partial charge in [0, 0.05) is 21.3 Å². The monoisotopic (exact) mass is 401 g/mol. The van der Waals surface area contributed by atoms with E-state index in [1.54, 1.807) is 24.3 Å². The summed E-state index contributed by atoms with van der Waals surface area (Å²) in [6, 6.07) is 10.6. The van der Waals surface area contributed by atoms with Crippen molar-refractivity contribution in [3.05, 3.63) is 57.6 Å². The van der Waals surface area contributed by atoms with Crippen molar-refractivity contribution in [2.24, 2.45) is 5.92 Å². The third-order valence-corrected chi connectivity index (χ3v) is 5.59. The number of methoxy groups -OCH3 is 1. The van der Waals surface area contributed by atoms with Gasteiger partial charge in [-0.25, -0.2) is 0 Å². The third-order valence-electron chi connectivity index (χ3n) is 5.09. The number of rotatable bonds is 2. The van der Waals surface area contributed by atoms with E-state index in [9.17, 15) is 14.7 Å². The van der Waals surface area contributed by atoms with E-state index >= 15 is 0 Å². The molecule has 1 aliphatic heterocycles. The summed E-state index contributed by atoms with van der Waals surface area (Å²) in [5.74, 6) is -1.03. The van der Waals surface area contributed by atoms with Crippen LogP contribution in [0.25, 0.3) is 0 Å². The molecule has 2 aromatic rings. The molecule has 2 atom stereocenters. The Kier molecular flexibility index (Phi) is 3.70. The normalized spacial score (nSPS) is 24.5. The maximum absolute atomic E-state index is 13.1. The zero-order chi connectivity index (χ0) is 17.8. The topological polar surface area (TPSA) is 75.6 Å². The lowest BCUT2D eigenvalue weighted by Crippen LogP contribution is -2.47. The third kappa shape index (κ3) is 2.32. The number of carbonyl (C=O) groups excluding carboxylic acids is 2. The van der Waals surface area contributed by atoms with Crippen LogP contribution in [0.1, 0.15) is 27.9 Å². The molecule has 4 rings (SSSR count). The minimum absolute atomic E-state index is 0.231. The summed E-state index contributed by atoms with van der Waals surface area (Å²) >= 11 is 3.37. The fourth-order valence-electron chi connectivity index (χ4n) is 3.77. The first-order chi connectivity index (χ1) is 11.9. The first-order valence-corrected chi connectivity index (χ1v) is 8.79. The maximum atomic E-state index is 13.1. The predicted molar refractivity (Wildman–Crippen MR) is 95.8 cm³/mol. The van der Waals surface area contributed by atoms with Gasteiger partial charge in [-0.3, -0.25) is 9.59 Å². The molecule has 0 bridgehead atoms. The number of anilines is 1. The van der Waals surface area contributed by atoms with E-state index in [-0.39, 0.29) is 5.78 Å². The fourth-order valence-corrected chi connectivity index (χ4v) is 4.13. The summed E-state index contributed by atoms with van der Waals surface area (Å²) in [5, 5.41) is 14.0. The standard InChI is InChI=1S/C19H16BrNO4/c1-25-12-5-2-10-3-6-14(17(22)13(10)9-12)19(24)15-8-11(20)4-7-16(15)21-18(19)23/h2,4-5,7-9,14,24H,3,6H2,1H3,(H,21,23)/t14-,19-/m0/s1. The smallest absolute Gasteiger partial charge is 0.261 e. The second-order valence-electron chi connectivity index (χ2n) is 6.39. The highest BCUT2D eigenvalue weighted by Gasteiger charge is 2.54. The first kappa shape index (κ1) is 16.3. The lowest BCUT2D eigenvalue weighted by Gasteiger charge is -2.33. The van der Waals surface area contributed by atoms with Crippen LogP contribution in [0.15, 0.2) is 40.9 Å². The van der Waals surface area contributed by atoms with Gasteiger partial charge in [-0.05, 0) is 48.7 Å². The molecule has 0 unspecified atom stereocenters. The van der Waals surface area contributed by atoms with Crippen LogP contribution in [0.2, 0.25) is 0 Å². The quantitative estimate of drug-likeness (QED) is 0.810. The van der Waals surface area contributed by atoms with E-state index in [4.69, 9.17) is 4.74 Å². The molecule has 6 heteroatoms. The van der Waals surface area contributed by atoms with E-state index < -0.39 is 17.4 Å². The van der Waals surface area contributed by atoms with Gasteiger partial charge in [0.25, 0.3) is 5.91 Å². The highest BCUT2D eigenvalue weighted by Crippen LogP contribution is 2.46. The minimum Gasteiger partial charge on any atom is -0.497 e. The number of Topliss-reactive ketones (excluding diaryl/α,β-unsaturated/α-hetero) is 1. The van der Waals surface area contributed by atoms with Gasteiger partial charge in [0.05, 0.1) is 13.0 Å². The molecule has 2 aliphatic rings. The van der Waals surface area contributed by atoms with Crippen molar-refractivity contribution in [2.75, 3.05) is 12.4 Å². The number of ether oxygens (including phenoxy) is 1. The Morgan fingerprint density at radius 3 is 2.80 bits per heavy atom. The summed E-state index contributed by atoms with van der Waals surface area (Å²) in [6.07, 6.45) is 1.03. The summed E-state index contributed by atoms with van der Waals surface area (Å²) in [5.41, 5.74) is 0.548. The maximum Gasteiger partial charge on any atom is 0.261 e. The molecule has 5 nitrogen and oxygen atoms in total. The van der Waals surface area contributed by atoms with Crippen LogP contribution < -0.4 is 10.1 Å². The second-order valence-corrected chi connectivity index (χ2v) is 7.30. The van der Waals surface area contributed by atoms with Crippen molar-refractivity contribution in [2.45, 2.75) is 18.4 Å². The highest BCUT2D eigenvalue weighted by atomic mass is 79.9. The van der Waals surface area contributed by atoms with Crippen LogP contribution in [-0.4, -0.2) is 23.9 Å². The molecule has 1 amide bonds. The molecular weight excluding hydrogens is 386 g/mol. The van der Waals surface area contributed by atoms with Crippen molar-refractivity contribution in [3.63, 3.8) is 0 Å². The van der Waals surface area contributed by atoms with Crippen molar-refractivity contribution >= 4 is 33.3 Å². The highest BCUT2D eigenvalue weighted by molar-refractivity contribution is 9.10. The number of amides is 1. The first-order valence-electron chi connectivity index (χ1n) is 8.00. The van der Waals surface area contributed by atoms with Crippen LogP contribution in [0, 0.1) is 5.92 Å². The van der Waals surface area contributed by atoms with Crippen LogP contribution in [-0.2, 0) is 16.8 Å². The molecule has 0 spiro atoms. The van der Waals surface area contributed by atoms with Crippen molar-refractivity contribution in [1.29, 1.82) is 0 Å². The van der Waals surface area contributed by atoms with E-state index in [1.165, 1.54) is 7.11 Å². The zero-order valence-corrected chi connectivity index (χ0v) is 15.1. The average Bonchev–Trinajstić information content (AvgIpc) is 2.86. The van der Waals surface area contributed by atoms with Crippen LogP contribution in [0.4, 0.5) is 5.69 Å². The Morgan fingerprint density at radius 2 is 2.04 bits per heavy atom. The summed E-state index contributed by atoms with van der Waals surface area (Å²) < 4.78 is 5.95. The minimum atomic E-state index is -1.86. The van der Waals surface area contributed by atoms with Gasteiger partial charge in [0.15, 0.2) is 11.4 Å². The van der Waals surface area contributed by atoms with Crippen LogP contribution >= 0.6 is 15.9 Å². The Morgan fingerprint density at radius 1 is 1.24 bits per heavy atom. The molecule has 0 saturated carbocycles. The number of fused-ring (bicyclic) bond motifs is 2. The molecule has 1 heterocycles. The molecule has 2 N–H and O–H groups in total. The largest absolute Gasteiger partial charge is 0.497 e. The Bertz CT molecular complexity index is 910. The lowest BCUT2D eigenvalue weighted by atomic mass is 9.71. The van der Waals surface area contributed by atoms with Gasteiger partial charge in [-0.15, -0.1) is 0 Å². The number of carbonyl (C=O) groups is 2. The Balaban J connectivity index is 1.81. The number of hydrogen-bond donors (Lipinski definition) is 2. The zero-order valence-electron chi connectivity index (χ0n) is 13.5. The summed E-state index contributed by atoms with van der Waals surface area (Å²) in [7, 11) is 1.54. The average molecular weight is 402 g/mol. The summed E-state index contributed by atoms with van der Waals surface area (Å²) in [6.45, 7) is 0. The number of aliphatic hydroxyl groups is 1. The van der Waals surface area contributed by atoms with Crippen molar-refractivity contribution in [3.8, 4) is 5.75 Å². The number of ketones is 1. The number of nitrogens with one attached hydrogen (secondary N) is 1. The molecule has 0 aromatic heterocycles. The number of benzene rings is 2. The van der Waals surface area contributed by atoms with Crippen molar-refractivity contribution in [1.82, 2.24) is 0 Å². The molecule has 2 aromatic carbocycles. The Hall–Kier alpha value is -2.18.